The Balaban J connectivity index is 2.08. The highest BCUT2D eigenvalue weighted by molar-refractivity contribution is 5.73. The maximum atomic E-state index is 5.96. The van der Waals surface area contributed by atoms with Crippen molar-refractivity contribution in [3.63, 3.8) is 0 Å². The van der Waals surface area contributed by atoms with Crippen LogP contribution < -0.4 is 18.9 Å². The van der Waals surface area contributed by atoms with Gasteiger partial charge < -0.3 is 23.4 Å². The third kappa shape index (κ3) is 2.98. The molecule has 0 amide bonds. The number of para-hydroxylation sites is 2. The van der Waals surface area contributed by atoms with E-state index in [1.165, 1.54) is 0 Å². The summed E-state index contributed by atoms with van der Waals surface area (Å²) in [6, 6.07) is 11.1. The Morgan fingerprint density at radius 1 is 0.720 bits per heavy atom. The van der Waals surface area contributed by atoms with Gasteiger partial charge in [0.05, 0.1) is 45.8 Å². The van der Waals surface area contributed by atoms with Crippen LogP contribution in [-0.2, 0) is 0 Å². The molecule has 6 nitrogen and oxygen atoms in total. The molecule has 6 heteroatoms. The van der Waals surface area contributed by atoms with Gasteiger partial charge in [0, 0.05) is 0 Å². The van der Waals surface area contributed by atoms with Crippen LogP contribution in [0.3, 0.4) is 0 Å². The molecule has 130 valence electrons. The molecule has 2 aromatic carbocycles. The van der Waals surface area contributed by atoms with Gasteiger partial charge in [0.15, 0.2) is 28.8 Å². The van der Waals surface area contributed by atoms with Gasteiger partial charge in [-0.15, -0.1) is 0 Å². The molecule has 1 heterocycles. The molecule has 3 aromatic rings. The van der Waals surface area contributed by atoms with Crippen molar-refractivity contribution in [3.05, 3.63) is 42.6 Å². The standard InChI is InChI=1S/C19H19NO5/c1-21-14-9-5-7-12(17(14)23-3)16-11-20-19(25-16)13-8-6-10-15(22-2)18(13)24-4/h5-11H,1-4H3. The lowest BCUT2D eigenvalue weighted by molar-refractivity contribution is 0.354. The summed E-state index contributed by atoms with van der Waals surface area (Å²) in [7, 11) is 6.35. The van der Waals surface area contributed by atoms with E-state index in [1.54, 1.807) is 34.6 Å². The monoisotopic (exact) mass is 341 g/mol. The first kappa shape index (κ1) is 16.7. The maximum absolute atomic E-state index is 5.96. The Labute approximate surface area is 145 Å². The second-order valence-electron chi connectivity index (χ2n) is 5.11. The third-order valence-corrected chi connectivity index (χ3v) is 3.81. The van der Waals surface area contributed by atoms with Crippen LogP contribution in [0.5, 0.6) is 23.0 Å². The molecule has 0 saturated heterocycles. The largest absolute Gasteiger partial charge is 0.493 e. The Hall–Kier alpha value is -3.15. The second-order valence-corrected chi connectivity index (χ2v) is 5.11. The van der Waals surface area contributed by atoms with Gasteiger partial charge in [-0.25, -0.2) is 4.98 Å². The van der Waals surface area contributed by atoms with Gasteiger partial charge in [-0.2, -0.15) is 0 Å². The zero-order valence-corrected chi connectivity index (χ0v) is 14.5. The number of nitrogens with zero attached hydrogens (tertiary/aromatic N) is 1. The summed E-state index contributed by atoms with van der Waals surface area (Å²) in [5.41, 5.74) is 1.46. The normalized spacial score (nSPS) is 10.4. The van der Waals surface area contributed by atoms with E-state index in [0.29, 0.717) is 40.2 Å². The number of benzene rings is 2. The number of rotatable bonds is 6. The number of hydrogen-bond donors (Lipinski definition) is 0. The molecule has 0 saturated carbocycles. The quantitative estimate of drug-likeness (QED) is 0.674. The molecule has 0 atom stereocenters. The summed E-state index contributed by atoms with van der Waals surface area (Å²) < 4.78 is 27.5. The summed E-state index contributed by atoms with van der Waals surface area (Å²) in [4.78, 5) is 4.38. The number of hydrogen-bond acceptors (Lipinski definition) is 6. The van der Waals surface area contributed by atoms with Crippen LogP contribution in [-0.4, -0.2) is 33.4 Å². The number of aromatic nitrogens is 1. The van der Waals surface area contributed by atoms with Crippen LogP contribution in [0.4, 0.5) is 0 Å². The molecule has 3 rings (SSSR count). The Morgan fingerprint density at radius 3 is 1.84 bits per heavy atom. The van der Waals surface area contributed by atoms with Crippen molar-refractivity contribution in [1.29, 1.82) is 0 Å². The molecule has 1 aromatic heterocycles. The molecule has 25 heavy (non-hydrogen) atoms. The van der Waals surface area contributed by atoms with Gasteiger partial charge in [-0.1, -0.05) is 12.1 Å². The maximum Gasteiger partial charge on any atom is 0.230 e. The lowest BCUT2D eigenvalue weighted by Gasteiger charge is -2.11. The van der Waals surface area contributed by atoms with Crippen molar-refractivity contribution in [2.45, 2.75) is 0 Å². The van der Waals surface area contributed by atoms with Gasteiger partial charge in [-0.05, 0) is 24.3 Å². The first-order valence-corrected chi connectivity index (χ1v) is 7.62. The van der Waals surface area contributed by atoms with Crippen LogP contribution in [0.25, 0.3) is 22.8 Å². The average molecular weight is 341 g/mol. The van der Waals surface area contributed by atoms with Crippen molar-refractivity contribution in [2.24, 2.45) is 0 Å². The van der Waals surface area contributed by atoms with Crippen LogP contribution in [0.15, 0.2) is 47.0 Å². The summed E-state index contributed by atoms with van der Waals surface area (Å²) in [6.07, 6.45) is 1.64. The molecule has 0 unspecified atom stereocenters. The number of oxazole rings is 1. The lowest BCUT2D eigenvalue weighted by Crippen LogP contribution is -1.93. The van der Waals surface area contributed by atoms with E-state index < -0.39 is 0 Å². The minimum absolute atomic E-state index is 0.427. The highest BCUT2D eigenvalue weighted by atomic mass is 16.5. The number of methoxy groups -OCH3 is 4. The molecular weight excluding hydrogens is 322 g/mol. The van der Waals surface area contributed by atoms with Crippen molar-refractivity contribution in [1.82, 2.24) is 4.98 Å². The zero-order chi connectivity index (χ0) is 17.8. The minimum atomic E-state index is 0.427. The molecule has 0 fully saturated rings. The predicted octanol–water partition coefficient (Wildman–Crippen LogP) is 4.04. The summed E-state index contributed by atoms with van der Waals surface area (Å²) in [5, 5.41) is 0. The van der Waals surface area contributed by atoms with Crippen molar-refractivity contribution in [2.75, 3.05) is 28.4 Å². The molecule has 0 spiro atoms. The fourth-order valence-corrected chi connectivity index (χ4v) is 2.66. The van der Waals surface area contributed by atoms with Gasteiger partial charge >= 0.3 is 0 Å². The molecular formula is C19H19NO5. The van der Waals surface area contributed by atoms with Crippen molar-refractivity contribution in [3.8, 4) is 45.8 Å². The Bertz CT molecular complexity index is 802. The van der Waals surface area contributed by atoms with Crippen LogP contribution in [0.2, 0.25) is 0 Å². The summed E-state index contributed by atoms with van der Waals surface area (Å²) >= 11 is 0. The predicted molar refractivity (Wildman–Crippen MR) is 93.6 cm³/mol. The van der Waals surface area contributed by atoms with Gasteiger partial charge in [0.25, 0.3) is 0 Å². The molecule has 0 aliphatic rings. The van der Waals surface area contributed by atoms with Crippen molar-refractivity contribution < 1.29 is 23.4 Å². The third-order valence-electron chi connectivity index (χ3n) is 3.81. The van der Waals surface area contributed by atoms with E-state index in [2.05, 4.69) is 4.98 Å². The molecule has 0 radical (unpaired) electrons. The van der Waals surface area contributed by atoms with E-state index in [9.17, 15) is 0 Å². The van der Waals surface area contributed by atoms with E-state index in [0.717, 1.165) is 5.56 Å². The van der Waals surface area contributed by atoms with E-state index in [4.69, 9.17) is 23.4 Å². The molecule has 0 aliphatic carbocycles. The van der Waals surface area contributed by atoms with E-state index in [-0.39, 0.29) is 0 Å². The van der Waals surface area contributed by atoms with Crippen LogP contribution in [0, 0.1) is 0 Å². The van der Waals surface area contributed by atoms with Crippen LogP contribution in [0.1, 0.15) is 0 Å². The Morgan fingerprint density at radius 2 is 1.28 bits per heavy atom. The van der Waals surface area contributed by atoms with Gasteiger partial charge in [0.1, 0.15) is 0 Å². The number of ether oxygens (including phenoxy) is 4. The average Bonchev–Trinajstić information content (AvgIpc) is 3.16. The van der Waals surface area contributed by atoms with Crippen LogP contribution >= 0.6 is 0 Å². The Kier molecular flexibility index (Phi) is 4.79. The zero-order valence-electron chi connectivity index (χ0n) is 14.5. The molecule has 0 aliphatic heterocycles. The SMILES string of the molecule is COc1cccc(-c2cnc(-c3cccc(OC)c3OC)o2)c1OC. The van der Waals surface area contributed by atoms with Gasteiger partial charge in [0.2, 0.25) is 5.89 Å². The highest BCUT2D eigenvalue weighted by Gasteiger charge is 2.19. The molecule has 0 N–H and O–H groups in total. The van der Waals surface area contributed by atoms with E-state index >= 15 is 0 Å². The highest BCUT2D eigenvalue weighted by Crippen LogP contribution is 2.41. The summed E-state index contributed by atoms with van der Waals surface area (Å²) in [6.45, 7) is 0. The van der Waals surface area contributed by atoms with E-state index in [1.807, 2.05) is 36.4 Å². The first-order chi connectivity index (χ1) is 12.2. The fraction of sp³-hybridized carbons (Fsp3) is 0.211. The molecule has 0 bridgehead atoms. The first-order valence-electron chi connectivity index (χ1n) is 7.62. The van der Waals surface area contributed by atoms with Crippen molar-refractivity contribution >= 4 is 0 Å². The lowest BCUT2D eigenvalue weighted by atomic mass is 10.1. The summed E-state index contributed by atoms with van der Waals surface area (Å²) in [5.74, 6) is 3.38. The second kappa shape index (κ2) is 7.17. The smallest absolute Gasteiger partial charge is 0.230 e. The fourth-order valence-electron chi connectivity index (χ4n) is 2.66. The van der Waals surface area contributed by atoms with Gasteiger partial charge in [-0.3, -0.25) is 0 Å². The minimum Gasteiger partial charge on any atom is -0.493 e. The topological polar surface area (TPSA) is 63.0 Å².